The lowest BCUT2D eigenvalue weighted by Crippen LogP contribution is -2.15. The Hall–Kier alpha value is -1.43. The quantitative estimate of drug-likeness (QED) is 0.491. The molecular weight excluding hydrogens is 226 g/mol. The fourth-order valence-corrected chi connectivity index (χ4v) is 1.45. The number of carboxylic acids is 1. The summed E-state index contributed by atoms with van der Waals surface area (Å²) in [4.78, 5) is 21.2. The lowest BCUT2D eigenvalue weighted by atomic mass is 10.1. The molecule has 0 heterocycles. The highest BCUT2D eigenvalue weighted by Gasteiger charge is 2.22. The van der Waals surface area contributed by atoms with Gasteiger partial charge in [-0.3, -0.25) is 4.79 Å². The van der Waals surface area contributed by atoms with E-state index in [0.717, 1.165) is 17.8 Å². The molecule has 0 spiro atoms. The molecular formula is C9H6F2O3S. The first-order chi connectivity index (χ1) is 6.99. The van der Waals surface area contributed by atoms with Gasteiger partial charge in [0.25, 0.3) is 5.78 Å². The van der Waals surface area contributed by atoms with Gasteiger partial charge in [-0.15, -0.1) is 11.8 Å². The van der Waals surface area contributed by atoms with Crippen LogP contribution in [0.15, 0.2) is 17.0 Å². The number of thioether (sulfide) groups is 1. The Morgan fingerprint density at radius 1 is 1.27 bits per heavy atom. The predicted octanol–water partition coefficient (Wildman–Crippen LogP) is 1.95. The summed E-state index contributed by atoms with van der Waals surface area (Å²) in [5, 5.41) is 8.33. The van der Waals surface area contributed by atoms with E-state index in [0.29, 0.717) is 0 Å². The molecule has 1 aromatic carbocycles. The minimum Gasteiger partial charge on any atom is -0.475 e. The largest absolute Gasteiger partial charge is 0.475 e. The van der Waals surface area contributed by atoms with Crippen molar-refractivity contribution < 1.29 is 23.5 Å². The van der Waals surface area contributed by atoms with Crippen LogP contribution in [-0.4, -0.2) is 23.1 Å². The Morgan fingerprint density at radius 3 is 2.33 bits per heavy atom. The van der Waals surface area contributed by atoms with E-state index in [1.807, 2.05) is 0 Å². The molecule has 1 aromatic rings. The van der Waals surface area contributed by atoms with E-state index < -0.39 is 29.0 Å². The molecule has 0 aliphatic carbocycles. The van der Waals surface area contributed by atoms with Crippen LogP contribution in [0, 0.1) is 11.6 Å². The molecule has 3 nitrogen and oxygen atoms in total. The highest BCUT2D eigenvalue weighted by atomic mass is 32.2. The third-order valence-electron chi connectivity index (χ3n) is 1.71. The van der Waals surface area contributed by atoms with E-state index in [4.69, 9.17) is 5.11 Å². The zero-order valence-electron chi connectivity index (χ0n) is 7.58. The van der Waals surface area contributed by atoms with Gasteiger partial charge >= 0.3 is 5.97 Å². The van der Waals surface area contributed by atoms with Crippen molar-refractivity contribution in [2.45, 2.75) is 4.90 Å². The predicted molar refractivity (Wildman–Crippen MR) is 50.1 cm³/mol. The summed E-state index contributed by atoms with van der Waals surface area (Å²) in [6, 6.07) is 2.12. The second-order valence-corrected chi connectivity index (χ2v) is 3.43. The van der Waals surface area contributed by atoms with Gasteiger partial charge in [-0.1, -0.05) is 0 Å². The van der Waals surface area contributed by atoms with Gasteiger partial charge in [0.2, 0.25) is 0 Å². The summed E-state index contributed by atoms with van der Waals surface area (Å²) in [6.45, 7) is 0. The molecule has 15 heavy (non-hydrogen) atoms. The van der Waals surface area contributed by atoms with E-state index in [1.54, 1.807) is 0 Å². The highest BCUT2D eigenvalue weighted by molar-refractivity contribution is 7.98. The van der Waals surface area contributed by atoms with Gasteiger partial charge in [0, 0.05) is 4.90 Å². The smallest absolute Gasteiger partial charge is 0.377 e. The van der Waals surface area contributed by atoms with Crippen LogP contribution in [0.1, 0.15) is 10.4 Å². The average molecular weight is 232 g/mol. The van der Waals surface area contributed by atoms with Crippen LogP contribution in [0.3, 0.4) is 0 Å². The number of Topliss-reactive ketones (excluding diaryl/α,β-unsaturated/α-hetero) is 1. The number of aliphatic carboxylic acids is 1. The van der Waals surface area contributed by atoms with Gasteiger partial charge in [-0.25, -0.2) is 13.6 Å². The molecule has 0 aromatic heterocycles. The molecule has 80 valence electrons. The lowest BCUT2D eigenvalue weighted by molar-refractivity contribution is -0.131. The number of hydrogen-bond acceptors (Lipinski definition) is 3. The molecule has 1 N–H and O–H groups in total. The van der Waals surface area contributed by atoms with Crippen LogP contribution in [0.5, 0.6) is 0 Å². The van der Waals surface area contributed by atoms with Crippen molar-refractivity contribution in [1.29, 1.82) is 0 Å². The Balaban J connectivity index is 3.29. The number of carboxylic acid groups (broad SMARTS) is 1. The summed E-state index contributed by atoms with van der Waals surface area (Å²) in [6.07, 6.45) is 1.54. The van der Waals surface area contributed by atoms with Crippen molar-refractivity contribution in [3.63, 3.8) is 0 Å². The van der Waals surface area contributed by atoms with E-state index in [9.17, 15) is 18.4 Å². The van der Waals surface area contributed by atoms with Gasteiger partial charge in [0.15, 0.2) is 11.6 Å². The monoisotopic (exact) mass is 232 g/mol. The Bertz CT molecular complexity index is 432. The number of carbonyl (C=O) groups excluding carboxylic acids is 1. The number of halogens is 2. The van der Waals surface area contributed by atoms with E-state index in [1.165, 1.54) is 12.3 Å². The Kier molecular flexibility index (Phi) is 3.41. The van der Waals surface area contributed by atoms with Crippen LogP contribution in [-0.2, 0) is 4.79 Å². The third-order valence-corrected chi connectivity index (χ3v) is 2.46. The third kappa shape index (κ3) is 2.15. The molecule has 0 aliphatic heterocycles. The van der Waals surface area contributed by atoms with Crippen molar-refractivity contribution in [2.75, 3.05) is 6.26 Å². The number of benzene rings is 1. The molecule has 0 radical (unpaired) electrons. The van der Waals surface area contributed by atoms with Crippen LogP contribution in [0.2, 0.25) is 0 Å². The summed E-state index contributed by atoms with van der Waals surface area (Å²) < 4.78 is 26.3. The maximum absolute atomic E-state index is 13.2. The summed E-state index contributed by atoms with van der Waals surface area (Å²) in [7, 11) is 0. The molecule has 0 bridgehead atoms. The zero-order chi connectivity index (χ0) is 11.6. The van der Waals surface area contributed by atoms with Crippen molar-refractivity contribution in [3.05, 3.63) is 29.3 Å². The maximum Gasteiger partial charge on any atom is 0.377 e. The maximum atomic E-state index is 13.2. The molecule has 0 saturated heterocycles. The van der Waals surface area contributed by atoms with Gasteiger partial charge < -0.3 is 5.11 Å². The highest BCUT2D eigenvalue weighted by Crippen LogP contribution is 2.23. The van der Waals surface area contributed by atoms with Crippen LogP contribution < -0.4 is 0 Å². The van der Waals surface area contributed by atoms with E-state index >= 15 is 0 Å². The van der Waals surface area contributed by atoms with Crippen molar-refractivity contribution >= 4 is 23.5 Å². The fourth-order valence-electron chi connectivity index (χ4n) is 0.980. The Morgan fingerprint density at radius 2 is 1.87 bits per heavy atom. The number of hydrogen-bond donors (Lipinski definition) is 1. The van der Waals surface area contributed by atoms with Crippen LogP contribution >= 0.6 is 11.8 Å². The minimum atomic E-state index is -1.81. The fraction of sp³-hybridized carbons (Fsp3) is 0.111. The number of carbonyl (C=O) groups is 2. The van der Waals surface area contributed by atoms with Crippen LogP contribution in [0.25, 0.3) is 0 Å². The first-order valence-corrected chi connectivity index (χ1v) is 5.01. The molecule has 0 amide bonds. The molecule has 0 saturated carbocycles. The molecule has 1 rings (SSSR count). The topological polar surface area (TPSA) is 54.4 Å². The molecule has 0 unspecified atom stereocenters. The summed E-state index contributed by atoms with van der Waals surface area (Å²) >= 11 is 0.965. The van der Waals surface area contributed by atoms with Gasteiger partial charge in [-0.2, -0.15) is 0 Å². The number of ketones is 1. The van der Waals surface area contributed by atoms with Crippen LogP contribution in [0.4, 0.5) is 8.78 Å². The number of rotatable bonds is 3. The normalized spacial score (nSPS) is 10.1. The van der Waals surface area contributed by atoms with Gasteiger partial charge in [-0.05, 0) is 18.4 Å². The van der Waals surface area contributed by atoms with Crippen molar-refractivity contribution in [1.82, 2.24) is 0 Å². The minimum absolute atomic E-state index is 0.0226. The SMILES string of the molecule is CSc1ccc(C(=O)C(=O)O)c(F)c1F. The summed E-state index contributed by atoms with van der Waals surface area (Å²) in [5.74, 6) is -5.90. The van der Waals surface area contributed by atoms with Gasteiger partial charge in [0.05, 0.1) is 5.56 Å². The molecule has 0 atom stereocenters. The lowest BCUT2D eigenvalue weighted by Gasteiger charge is -2.03. The second kappa shape index (κ2) is 4.39. The van der Waals surface area contributed by atoms with Gasteiger partial charge in [0.1, 0.15) is 0 Å². The molecule has 6 heteroatoms. The standard InChI is InChI=1S/C9H6F2O3S/c1-15-5-3-2-4(6(10)7(5)11)8(12)9(13)14/h2-3H,1H3,(H,13,14). The molecule has 0 fully saturated rings. The summed E-state index contributed by atoms with van der Waals surface area (Å²) in [5.41, 5.74) is -0.766. The average Bonchev–Trinajstić information content (AvgIpc) is 2.21. The second-order valence-electron chi connectivity index (χ2n) is 2.58. The van der Waals surface area contributed by atoms with E-state index in [2.05, 4.69) is 0 Å². The first kappa shape index (κ1) is 11.6. The first-order valence-electron chi connectivity index (χ1n) is 3.78. The molecule has 0 aliphatic rings. The zero-order valence-corrected chi connectivity index (χ0v) is 8.40. The van der Waals surface area contributed by atoms with Crippen molar-refractivity contribution in [2.24, 2.45) is 0 Å². The van der Waals surface area contributed by atoms with Crippen molar-refractivity contribution in [3.8, 4) is 0 Å². The van der Waals surface area contributed by atoms with E-state index in [-0.39, 0.29) is 4.90 Å². The Labute approximate surface area is 88.1 Å².